The van der Waals surface area contributed by atoms with Gasteiger partial charge >= 0.3 is 0 Å². The van der Waals surface area contributed by atoms with Crippen molar-refractivity contribution in [2.45, 2.75) is 26.2 Å². The van der Waals surface area contributed by atoms with Crippen LogP contribution in [-0.2, 0) is 12.8 Å². The predicted molar refractivity (Wildman–Crippen MR) is 77.7 cm³/mol. The van der Waals surface area contributed by atoms with E-state index >= 15 is 0 Å². The van der Waals surface area contributed by atoms with Crippen molar-refractivity contribution >= 4 is 11.3 Å². The molecule has 102 valence electrons. The summed E-state index contributed by atoms with van der Waals surface area (Å²) in [6.45, 7) is 3.39. The lowest BCUT2D eigenvalue weighted by Crippen LogP contribution is -2.01. The number of nitrogens with zero attached hydrogens (tertiary/aromatic N) is 2. The van der Waals surface area contributed by atoms with E-state index in [0.29, 0.717) is 13.2 Å². The fourth-order valence-corrected chi connectivity index (χ4v) is 2.57. The first-order valence-electron chi connectivity index (χ1n) is 6.48. The quantitative estimate of drug-likeness (QED) is 0.844. The molecule has 1 aromatic carbocycles. The standard InChI is InChI=1S/C14H19N3OS/c1-11-4-2-5-12(10-11)18-9-7-14-17-16-13(19-14)6-3-8-15/h2,4-5,10H,3,6-9,15H2,1H3. The molecular weight excluding hydrogens is 258 g/mol. The van der Waals surface area contributed by atoms with Crippen molar-refractivity contribution in [3.05, 3.63) is 39.8 Å². The lowest BCUT2D eigenvalue weighted by atomic mass is 10.2. The Morgan fingerprint density at radius 1 is 1.21 bits per heavy atom. The summed E-state index contributed by atoms with van der Waals surface area (Å²) in [6, 6.07) is 8.06. The fraction of sp³-hybridized carbons (Fsp3) is 0.429. The average molecular weight is 277 g/mol. The summed E-state index contributed by atoms with van der Waals surface area (Å²) < 4.78 is 5.70. The molecule has 0 fully saturated rings. The highest BCUT2D eigenvalue weighted by Crippen LogP contribution is 2.15. The van der Waals surface area contributed by atoms with E-state index < -0.39 is 0 Å². The molecule has 2 rings (SSSR count). The molecule has 0 atom stereocenters. The molecule has 2 aromatic rings. The van der Waals surface area contributed by atoms with Gasteiger partial charge in [0.05, 0.1) is 6.61 Å². The van der Waals surface area contributed by atoms with Gasteiger partial charge < -0.3 is 10.5 Å². The van der Waals surface area contributed by atoms with Crippen LogP contribution in [0.15, 0.2) is 24.3 Å². The molecule has 0 saturated carbocycles. The summed E-state index contributed by atoms with van der Waals surface area (Å²) in [5, 5.41) is 10.4. The lowest BCUT2D eigenvalue weighted by Gasteiger charge is -2.04. The van der Waals surface area contributed by atoms with Crippen LogP contribution in [0.2, 0.25) is 0 Å². The third kappa shape index (κ3) is 4.61. The molecule has 0 spiro atoms. The molecule has 0 amide bonds. The predicted octanol–water partition coefficient (Wildman–Crippen LogP) is 2.36. The Morgan fingerprint density at radius 3 is 2.74 bits per heavy atom. The van der Waals surface area contributed by atoms with Crippen LogP contribution >= 0.6 is 11.3 Å². The van der Waals surface area contributed by atoms with Crippen molar-refractivity contribution in [2.75, 3.05) is 13.2 Å². The maximum Gasteiger partial charge on any atom is 0.120 e. The first-order valence-corrected chi connectivity index (χ1v) is 7.30. The molecule has 0 unspecified atom stereocenters. The van der Waals surface area contributed by atoms with Gasteiger partial charge in [0.15, 0.2) is 0 Å². The molecule has 0 aliphatic rings. The van der Waals surface area contributed by atoms with E-state index in [0.717, 1.165) is 35.0 Å². The summed E-state index contributed by atoms with van der Waals surface area (Å²) in [5.41, 5.74) is 6.68. The Kier molecular flexibility index (Phi) is 5.30. The number of hydrogen-bond acceptors (Lipinski definition) is 5. The van der Waals surface area contributed by atoms with E-state index in [9.17, 15) is 0 Å². The van der Waals surface area contributed by atoms with E-state index in [1.807, 2.05) is 18.2 Å². The zero-order valence-electron chi connectivity index (χ0n) is 11.1. The molecule has 0 aliphatic heterocycles. The lowest BCUT2D eigenvalue weighted by molar-refractivity contribution is 0.321. The monoisotopic (exact) mass is 277 g/mol. The number of rotatable bonds is 7. The zero-order chi connectivity index (χ0) is 13.5. The molecule has 1 aromatic heterocycles. The third-order valence-corrected chi connectivity index (χ3v) is 3.72. The van der Waals surface area contributed by atoms with Gasteiger partial charge in [-0.15, -0.1) is 21.5 Å². The van der Waals surface area contributed by atoms with Crippen LogP contribution < -0.4 is 10.5 Å². The Morgan fingerprint density at radius 2 is 2.00 bits per heavy atom. The molecule has 5 heteroatoms. The molecule has 0 saturated heterocycles. The van der Waals surface area contributed by atoms with Crippen molar-refractivity contribution in [3.63, 3.8) is 0 Å². The Labute approximate surface area is 117 Å². The van der Waals surface area contributed by atoms with Crippen molar-refractivity contribution in [1.29, 1.82) is 0 Å². The fourth-order valence-electron chi connectivity index (χ4n) is 1.71. The maximum atomic E-state index is 5.70. The summed E-state index contributed by atoms with van der Waals surface area (Å²) in [4.78, 5) is 0. The highest BCUT2D eigenvalue weighted by atomic mass is 32.1. The van der Waals surface area contributed by atoms with E-state index in [1.165, 1.54) is 5.56 Å². The molecule has 2 N–H and O–H groups in total. The third-order valence-electron chi connectivity index (χ3n) is 2.68. The number of benzene rings is 1. The Bertz CT molecular complexity index is 513. The Hall–Kier alpha value is -1.46. The second-order valence-corrected chi connectivity index (χ2v) is 5.54. The number of nitrogens with two attached hydrogens (primary N) is 1. The van der Waals surface area contributed by atoms with Gasteiger partial charge in [-0.25, -0.2) is 0 Å². The molecule has 0 bridgehead atoms. The number of aromatic nitrogens is 2. The van der Waals surface area contributed by atoms with Gasteiger partial charge in [0.2, 0.25) is 0 Å². The van der Waals surface area contributed by atoms with E-state index in [1.54, 1.807) is 11.3 Å². The molecular formula is C14H19N3OS. The Balaban J connectivity index is 1.77. The van der Waals surface area contributed by atoms with Gasteiger partial charge in [0.1, 0.15) is 15.8 Å². The minimum absolute atomic E-state index is 0.634. The summed E-state index contributed by atoms with van der Waals surface area (Å²) in [6.07, 6.45) is 2.69. The SMILES string of the molecule is Cc1cccc(OCCc2nnc(CCCN)s2)c1. The minimum Gasteiger partial charge on any atom is -0.493 e. The van der Waals surface area contributed by atoms with E-state index in [2.05, 4.69) is 23.2 Å². The number of hydrogen-bond donors (Lipinski definition) is 1. The minimum atomic E-state index is 0.634. The molecule has 19 heavy (non-hydrogen) atoms. The second-order valence-electron chi connectivity index (χ2n) is 4.40. The van der Waals surface area contributed by atoms with Gasteiger partial charge in [-0.05, 0) is 37.6 Å². The summed E-state index contributed by atoms with van der Waals surface area (Å²) >= 11 is 1.65. The van der Waals surface area contributed by atoms with Gasteiger partial charge in [0.25, 0.3) is 0 Å². The van der Waals surface area contributed by atoms with Gasteiger partial charge in [-0.3, -0.25) is 0 Å². The summed E-state index contributed by atoms with van der Waals surface area (Å²) in [5.74, 6) is 0.910. The molecule has 0 radical (unpaired) electrons. The first kappa shape index (κ1) is 14.0. The van der Waals surface area contributed by atoms with Crippen molar-refractivity contribution < 1.29 is 4.74 Å². The van der Waals surface area contributed by atoms with Crippen LogP contribution in [0.5, 0.6) is 5.75 Å². The zero-order valence-corrected chi connectivity index (χ0v) is 11.9. The van der Waals surface area contributed by atoms with E-state index in [4.69, 9.17) is 10.5 Å². The summed E-state index contributed by atoms with van der Waals surface area (Å²) in [7, 11) is 0. The number of ether oxygens (including phenoxy) is 1. The second kappa shape index (κ2) is 7.21. The van der Waals surface area contributed by atoms with Crippen LogP contribution in [0.3, 0.4) is 0 Å². The molecule has 1 heterocycles. The highest BCUT2D eigenvalue weighted by Gasteiger charge is 2.04. The van der Waals surface area contributed by atoms with Crippen LogP contribution in [0.1, 0.15) is 22.0 Å². The molecule has 4 nitrogen and oxygen atoms in total. The van der Waals surface area contributed by atoms with Crippen LogP contribution in [0, 0.1) is 6.92 Å². The number of aryl methyl sites for hydroxylation is 2. The average Bonchev–Trinajstić information content (AvgIpc) is 2.84. The van der Waals surface area contributed by atoms with Crippen LogP contribution in [0.4, 0.5) is 0 Å². The van der Waals surface area contributed by atoms with Crippen LogP contribution in [0.25, 0.3) is 0 Å². The van der Waals surface area contributed by atoms with Gasteiger partial charge in [0, 0.05) is 12.8 Å². The van der Waals surface area contributed by atoms with Crippen LogP contribution in [-0.4, -0.2) is 23.3 Å². The van der Waals surface area contributed by atoms with Crippen molar-refractivity contribution in [2.24, 2.45) is 5.73 Å². The first-order chi connectivity index (χ1) is 9.28. The van der Waals surface area contributed by atoms with E-state index in [-0.39, 0.29) is 0 Å². The normalized spacial score (nSPS) is 10.6. The van der Waals surface area contributed by atoms with Gasteiger partial charge in [-0.2, -0.15) is 0 Å². The maximum absolute atomic E-state index is 5.70. The topological polar surface area (TPSA) is 61.0 Å². The van der Waals surface area contributed by atoms with Crippen molar-refractivity contribution in [3.8, 4) is 5.75 Å². The molecule has 0 aliphatic carbocycles. The highest BCUT2D eigenvalue weighted by molar-refractivity contribution is 7.11. The smallest absolute Gasteiger partial charge is 0.120 e. The largest absolute Gasteiger partial charge is 0.493 e. The van der Waals surface area contributed by atoms with Gasteiger partial charge in [-0.1, -0.05) is 12.1 Å². The van der Waals surface area contributed by atoms with Crippen molar-refractivity contribution in [1.82, 2.24) is 10.2 Å².